The van der Waals surface area contributed by atoms with Crippen molar-refractivity contribution >= 4 is 0 Å². The first-order valence-electron chi connectivity index (χ1n) is 7.62. The van der Waals surface area contributed by atoms with Gasteiger partial charge in [-0.25, -0.2) is 0 Å². The van der Waals surface area contributed by atoms with Gasteiger partial charge in [0.15, 0.2) is 0 Å². The van der Waals surface area contributed by atoms with Crippen LogP contribution in [0.2, 0.25) is 0 Å². The zero-order chi connectivity index (χ0) is 14.2. The summed E-state index contributed by atoms with van der Waals surface area (Å²) in [6.45, 7) is 11.5. The largest absolute Gasteiger partial charge is 0.327 e. The summed E-state index contributed by atoms with van der Waals surface area (Å²) in [4.78, 5) is 0. The van der Waals surface area contributed by atoms with Gasteiger partial charge >= 0.3 is 0 Å². The number of hydrogen-bond acceptors (Lipinski definition) is 1. The molecule has 0 heterocycles. The molecule has 0 aliphatic heterocycles. The number of hydrogen-bond donors (Lipinski definition) is 1. The molecule has 1 aliphatic rings. The van der Waals surface area contributed by atoms with E-state index in [1.165, 1.54) is 36.0 Å². The smallest absolute Gasteiger partial charge is 0.0108 e. The van der Waals surface area contributed by atoms with Gasteiger partial charge in [-0.2, -0.15) is 0 Å². The van der Waals surface area contributed by atoms with Gasteiger partial charge in [-0.3, -0.25) is 0 Å². The van der Waals surface area contributed by atoms with E-state index < -0.39 is 0 Å². The van der Waals surface area contributed by atoms with Crippen LogP contribution in [0.1, 0.15) is 62.6 Å². The van der Waals surface area contributed by atoms with Gasteiger partial charge in [-0.15, -0.1) is 0 Å². The Bertz CT molecular complexity index is 441. The highest BCUT2D eigenvalue weighted by Crippen LogP contribution is 2.44. The molecule has 0 amide bonds. The monoisotopic (exact) mass is 259 g/mol. The average molecular weight is 259 g/mol. The molecule has 0 saturated heterocycles. The van der Waals surface area contributed by atoms with Crippen molar-refractivity contribution in [3.63, 3.8) is 0 Å². The van der Waals surface area contributed by atoms with Crippen LogP contribution in [0.3, 0.4) is 0 Å². The summed E-state index contributed by atoms with van der Waals surface area (Å²) in [5, 5.41) is 0. The van der Waals surface area contributed by atoms with Crippen molar-refractivity contribution in [3.05, 3.63) is 34.9 Å². The number of nitrogens with two attached hydrogens (primary N) is 1. The number of rotatable bonds is 1. The molecular formula is C18H29N. The third-order valence-electron chi connectivity index (χ3n) is 4.95. The normalized spacial score (nSPS) is 28.4. The number of benzene rings is 1. The Labute approximate surface area is 118 Å². The highest BCUT2D eigenvalue weighted by molar-refractivity contribution is 5.34. The first kappa shape index (κ1) is 14.6. The molecule has 106 valence electrons. The summed E-state index contributed by atoms with van der Waals surface area (Å²) in [5.41, 5.74) is 11.1. The summed E-state index contributed by atoms with van der Waals surface area (Å²) in [6.07, 6.45) is 3.70. The second kappa shape index (κ2) is 5.28. The van der Waals surface area contributed by atoms with Crippen LogP contribution in [0.5, 0.6) is 0 Å². The molecule has 1 aromatic rings. The quantitative estimate of drug-likeness (QED) is 0.786. The summed E-state index contributed by atoms with van der Waals surface area (Å²) >= 11 is 0. The molecule has 1 nitrogen and oxygen atoms in total. The van der Waals surface area contributed by atoms with Crippen LogP contribution >= 0.6 is 0 Å². The molecule has 19 heavy (non-hydrogen) atoms. The lowest BCUT2D eigenvalue weighted by Gasteiger charge is -2.41. The molecule has 2 N–H and O–H groups in total. The standard InChI is InChI=1S/C18H29N/c1-12-6-8-15(13(2)10-12)16-11-14(18(3,4)5)7-9-17(16)19/h6,8,10,14,16-17H,7,9,11,19H2,1-5H3. The van der Waals surface area contributed by atoms with Gasteiger partial charge in [0.1, 0.15) is 0 Å². The van der Waals surface area contributed by atoms with E-state index in [0.29, 0.717) is 17.4 Å². The Balaban J connectivity index is 2.26. The molecule has 3 unspecified atom stereocenters. The lowest BCUT2D eigenvalue weighted by molar-refractivity contribution is 0.153. The van der Waals surface area contributed by atoms with Gasteiger partial charge in [0, 0.05) is 6.04 Å². The molecule has 3 atom stereocenters. The fourth-order valence-corrected chi connectivity index (χ4v) is 3.58. The summed E-state index contributed by atoms with van der Waals surface area (Å²) < 4.78 is 0. The van der Waals surface area contributed by atoms with Gasteiger partial charge in [0.25, 0.3) is 0 Å². The molecule has 1 saturated carbocycles. The first-order valence-corrected chi connectivity index (χ1v) is 7.62. The molecule has 0 aromatic heterocycles. The van der Waals surface area contributed by atoms with E-state index in [0.717, 1.165) is 5.92 Å². The van der Waals surface area contributed by atoms with Crippen LogP contribution < -0.4 is 5.73 Å². The van der Waals surface area contributed by atoms with E-state index in [9.17, 15) is 0 Å². The Kier molecular flexibility index (Phi) is 4.06. The number of aryl methyl sites for hydroxylation is 2. The predicted octanol–water partition coefficient (Wildman–Crippen LogP) is 4.56. The Morgan fingerprint density at radius 2 is 1.79 bits per heavy atom. The van der Waals surface area contributed by atoms with E-state index in [2.05, 4.69) is 52.8 Å². The van der Waals surface area contributed by atoms with E-state index in [1.807, 2.05) is 0 Å². The maximum atomic E-state index is 6.42. The van der Waals surface area contributed by atoms with Gasteiger partial charge in [0.2, 0.25) is 0 Å². The first-order chi connectivity index (χ1) is 8.79. The minimum absolute atomic E-state index is 0.333. The zero-order valence-electron chi connectivity index (χ0n) is 13.2. The van der Waals surface area contributed by atoms with Crippen LogP contribution in [0.25, 0.3) is 0 Å². The fourth-order valence-electron chi connectivity index (χ4n) is 3.58. The predicted molar refractivity (Wildman–Crippen MR) is 83.4 cm³/mol. The molecular weight excluding hydrogens is 230 g/mol. The van der Waals surface area contributed by atoms with Crippen molar-refractivity contribution in [2.24, 2.45) is 17.1 Å². The molecule has 0 radical (unpaired) electrons. The minimum atomic E-state index is 0.333. The van der Waals surface area contributed by atoms with Crippen molar-refractivity contribution in [1.29, 1.82) is 0 Å². The van der Waals surface area contributed by atoms with Crippen LogP contribution in [0, 0.1) is 25.2 Å². The Hall–Kier alpha value is -0.820. The van der Waals surface area contributed by atoms with Crippen LogP contribution in [-0.4, -0.2) is 6.04 Å². The zero-order valence-corrected chi connectivity index (χ0v) is 13.2. The Morgan fingerprint density at radius 3 is 2.37 bits per heavy atom. The van der Waals surface area contributed by atoms with E-state index in [1.54, 1.807) is 0 Å². The van der Waals surface area contributed by atoms with E-state index >= 15 is 0 Å². The lowest BCUT2D eigenvalue weighted by atomic mass is 9.66. The second-order valence-electron chi connectivity index (χ2n) is 7.51. The summed E-state index contributed by atoms with van der Waals surface area (Å²) in [5.74, 6) is 1.33. The fraction of sp³-hybridized carbons (Fsp3) is 0.667. The van der Waals surface area contributed by atoms with Gasteiger partial charge in [-0.1, -0.05) is 44.5 Å². The third kappa shape index (κ3) is 3.20. The molecule has 0 bridgehead atoms. The third-order valence-corrected chi connectivity index (χ3v) is 4.95. The Morgan fingerprint density at radius 1 is 1.11 bits per heavy atom. The summed E-state index contributed by atoms with van der Waals surface area (Å²) in [6, 6.07) is 7.17. The minimum Gasteiger partial charge on any atom is -0.327 e. The highest BCUT2D eigenvalue weighted by atomic mass is 14.7. The van der Waals surface area contributed by atoms with Crippen molar-refractivity contribution in [2.45, 2.75) is 65.8 Å². The van der Waals surface area contributed by atoms with Crippen LogP contribution in [-0.2, 0) is 0 Å². The highest BCUT2D eigenvalue weighted by Gasteiger charge is 2.35. The molecule has 2 rings (SSSR count). The van der Waals surface area contributed by atoms with Crippen molar-refractivity contribution in [1.82, 2.24) is 0 Å². The summed E-state index contributed by atoms with van der Waals surface area (Å²) in [7, 11) is 0. The van der Waals surface area contributed by atoms with Crippen molar-refractivity contribution in [2.75, 3.05) is 0 Å². The molecule has 1 aromatic carbocycles. The van der Waals surface area contributed by atoms with Crippen molar-refractivity contribution in [3.8, 4) is 0 Å². The maximum absolute atomic E-state index is 6.42. The second-order valence-corrected chi connectivity index (χ2v) is 7.51. The van der Waals surface area contributed by atoms with Crippen LogP contribution in [0.15, 0.2) is 18.2 Å². The van der Waals surface area contributed by atoms with Crippen molar-refractivity contribution < 1.29 is 0 Å². The molecule has 0 spiro atoms. The molecule has 1 fully saturated rings. The van der Waals surface area contributed by atoms with Gasteiger partial charge in [-0.05, 0) is 61.5 Å². The van der Waals surface area contributed by atoms with Gasteiger partial charge < -0.3 is 5.73 Å². The topological polar surface area (TPSA) is 26.0 Å². The lowest BCUT2D eigenvalue weighted by Crippen LogP contribution is -2.38. The SMILES string of the molecule is Cc1ccc(C2CC(C(C)(C)C)CCC2N)c(C)c1. The average Bonchev–Trinajstić information content (AvgIpc) is 2.29. The van der Waals surface area contributed by atoms with Crippen LogP contribution in [0.4, 0.5) is 0 Å². The maximum Gasteiger partial charge on any atom is 0.0108 e. The van der Waals surface area contributed by atoms with E-state index in [-0.39, 0.29) is 0 Å². The molecule has 1 aliphatic carbocycles. The van der Waals surface area contributed by atoms with Gasteiger partial charge in [0.05, 0.1) is 0 Å². The molecule has 1 heteroatoms. The van der Waals surface area contributed by atoms with E-state index in [4.69, 9.17) is 5.73 Å².